The van der Waals surface area contributed by atoms with Crippen molar-refractivity contribution in [1.82, 2.24) is 9.80 Å². The van der Waals surface area contributed by atoms with E-state index in [0.29, 0.717) is 42.3 Å². The largest absolute Gasteiger partial charge is 0.503 e. The lowest BCUT2D eigenvalue weighted by atomic mass is 9.94. The van der Waals surface area contributed by atoms with Crippen LogP contribution in [0.2, 0.25) is 0 Å². The predicted octanol–water partition coefficient (Wildman–Crippen LogP) is 5.94. The zero-order valence-electron chi connectivity index (χ0n) is 23.5. The highest BCUT2D eigenvalue weighted by Crippen LogP contribution is 2.42. The number of rotatable bonds is 12. The van der Waals surface area contributed by atoms with Crippen LogP contribution in [0.4, 0.5) is 0 Å². The Balaban J connectivity index is 1.51. The van der Waals surface area contributed by atoms with Crippen LogP contribution in [-0.2, 0) is 11.4 Å². The number of hydrogen-bond acceptors (Lipinski definition) is 7. The number of Topliss-reactive ketones (excluding diaryl/α,β-unsaturated/α-hetero) is 1. The third-order valence-corrected chi connectivity index (χ3v) is 7.49. The van der Waals surface area contributed by atoms with E-state index >= 15 is 0 Å². The van der Waals surface area contributed by atoms with Crippen molar-refractivity contribution in [2.24, 2.45) is 0 Å². The summed E-state index contributed by atoms with van der Waals surface area (Å²) in [7, 11) is 1.54. The number of aliphatic hydroxyl groups is 1. The molecular weight excluding hydrogens is 520 g/mol. The second kappa shape index (κ2) is 12.3. The molecule has 1 unspecified atom stereocenters. The van der Waals surface area contributed by atoms with E-state index in [9.17, 15) is 14.7 Å². The number of ketones is 1. The van der Waals surface area contributed by atoms with E-state index in [1.165, 1.54) is 0 Å². The molecule has 8 nitrogen and oxygen atoms in total. The van der Waals surface area contributed by atoms with E-state index in [1.54, 1.807) is 42.3 Å². The Bertz CT molecular complexity index is 1540. The highest BCUT2D eigenvalue weighted by atomic mass is 16.5. The summed E-state index contributed by atoms with van der Waals surface area (Å²) < 4.78 is 17.5. The van der Waals surface area contributed by atoms with Crippen LogP contribution < -0.4 is 9.47 Å². The maximum absolute atomic E-state index is 13.9. The number of likely N-dealkylation sites (N-methyl/N-ethyl adjacent to an activating group) is 1. The summed E-state index contributed by atoms with van der Waals surface area (Å²) >= 11 is 0. The second-order valence-corrected chi connectivity index (χ2v) is 9.85. The Kier molecular flexibility index (Phi) is 8.40. The third kappa shape index (κ3) is 5.69. The average molecular weight is 555 g/mol. The van der Waals surface area contributed by atoms with Crippen molar-refractivity contribution >= 4 is 22.7 Å². The van der Waals surface area contributed by atoms with Gasteiger partial charge in [-0.15, -0.1) is 0 Å². The van der Waals surface area contributed by atoms with Gasteiger partial charge in [-0.05, 0) is 48.5 Å². The molecule has 2 heterocycles. The highest BCUT2D eigenvalue weighted by molar-refractivity contribution is 6.16. The van der Waals surface area contributed by atoms with E-state index in [0.717, 1.165) is 24.0 Å². The molecule has 8 heteroatoms. The molecule has 1 aliphatic rings. The molecule has 1 aliphatic heterocycles. The molecule has 0 saturated heterocycles. The van der Waals surface area contributed by atoms with Gasteiger partial charge in [0.25, 0.3) is 5.91 Å². The van der Waals surface area contributed by atoms with Gasteiger partial charge in [-0.2, -0.15) is 0 Å². The molecule has 0 spiro atoms. The van der Waals surface area contributed by atoms with Crippen LogP contribution in [0.15, 0.2) is 94.6 Å². The number of benzene rings is 3. The lowest BCUT2D eigenvalue weighted by Crippen LogP contribution is -2.38. The number of aliphatic hydroxyl groups excluding tert-OH is 1. The molecule has 5 rings (SSSR count). The van der Waals surface area contributed by atoms with Gasteiger partial charge < -0.3 is 28.8 Å². The third-order valence-electron chi connectivity index (χ3n) is 7.49. The van der Waals surface area contributed by atoms with Crippen molar-refractivity contribution in [3.05, 3.63) is 107 Å². The number of fused-ring (bicyclic) bond motifs is 1. The van der Waals surface area contributed by atoms with E-state index in [2.05, 4.69) is 18.7 Å². The molecule has 1 aromatic heterocycles. The van der Waals surface area contributed by atoms with Crippen LogP contribution in [0.5, 0.6) is 11.5 Å². The summed E-state index contributed by atoms with van der Waals surface area (Å²) in [4.78, 5) is 31.0. The fourth-order valence-corrected chi connectivity index (χ4v) is 5.19. The molecule has 1 N–H and O–H groups in total. The predicted molar refractivity (Wildman–Crippen MR) is 156 cm³/mol. The molecule has 1 amide bonds. The standard InChI is InChI=1S/C33H34N2O6/c1-4-34(5-2)17-18-35-30(24-15-16-26(27(20-24)39-3)40-21-22-11-7-6-8-12-22)29(32(37)33(35)38)31(36)28-19-23-13-9-10-14-25(23)41-28/h6-16,19-20,30,37H,4-5,17-18,21H2,1-3H3. The van der Waals surface area contributed by atoms with Gasteiger partial charge in [-0.1, -0.05) is 68.4 Å². The quantitative estimate of drug-likeness (QED) is 0.217. The van der Waals surface area contributed by atoms with Gasteiger partial charge in [0, 0.05) is 18.5 Å². The number of carbonyl (C=O) groups is 2. The Morgan fingerprint density at radius 2 is 1.71 bits per heavy atom. The SMILES string of the molecule is CCN(CC)CCN1C(=O)C(O)=C(C(=O)c2cc3ccccc3o2)C1c1ccc(OCc2ccccc2)c(OC)c1. The second-order valence-electron chi connectivity index (χ2n) is 9.85. The lowest BCUT2D eigenvalue weighted by Gasteiger charge is -2.29. The van der Waals surface area contributed by atoms with E-state index in [-0.39, 0.29) is 11.3 Å². The first-order chi connectivity index (χ1) is 19.9. The number of nitrogens with zero attached hydrogens (tertiary/aromatic N) is 2. The Morgan fingerprint density at radius 3 is 2.41 bits per heavy atom. The van der Waals surface area contributed by atoms with Gasteiger partial charge >= 0.3 is 0 Å². The van der Waals surface area contributed by atoms with Crippen LogP contribution in [0.3, 0.4) is 0 Å². The molecule has 0 fully saturated rings. The first-order valence-electron chi connectivity index (χ1n) is 13.8. The topological polar surface area (TPSA) is 92.5 Å². The summed E-state index contributed by atoms with van der Waals surface area (Å²) in [6, 6.07) is 23.2. The molecular formula is C33H34N2O6. The molecule has 0 saturated carbocycles. The van der Waals surface area contributed by atoms with Crippen LogP contribution in [0, 0.1) is 0 Å². The number of hydrogen-bond donors (Lipinski definition) is 1. The molecule has 4 aromatic rings. The van der Waals surface area contributed by atoms with Crippen molar-refractivity contribution in [2.45, 2.75) is 26.5 Å². The first-order valence-corrected chi connectivity index (χ1v) is 13.8. The van der Waals surface area contributed by atoms with E-state index in [1.807, 2.05) is 48.5 Å². The number of methoxy groups -OCH3 is 1. The van der Waals surface area contributed by atoms with Crippen LogP contribution in [0.1, 0.15) is 41.6 Å². The van der Waals surface area contributed by atoms with Crippen molar-refractivity contribution in [2.75, 3.05) is 33.3 Å². The van der Waals surface area contributed by atoms with Crippen molar-refractivity contribution in [1.29, 1.82) is 0 Å². The molecule has 0 aliphatic carbocycles. The van der Waals surface area contributed by atoms with Gasteiger partial charge in [-0.3, -0.25) is 9.59 Å². The van der Waals surface area contributed by atoms with Crippen LogP contribution in [-0.4, -0.2) is 59.9 Å². The van der Waals surface area contributed by atoms with Crippen molar-refractivity contribution in [3.8, 4) is 11.5 Å². The summed E-state index contributed by atoms with van der Waals surface area (Å²) in [5.74, 6) is -0.654. The minimum atomic E-state index is -0.837. The molecule has 0 bridgehead atoms. The minimum Gasteiger partial charge on any atom is -0.503 e. The number of para-hydroxylation sites is 1. The first kappa shape index (κ1) is 28.0. The number of furan rings is 1. The maximum Gasteiger partial charge on any atom is 0.290 e. The smallest absolute Gasteiger partial charge is 0.290 e. The van der Waals surface area contributed by atoms with Crippen molar-refractivity contribution in [3.63, 3.8) is 0 Å². The Hall–Kier alpha value is -4.56. The lowest BCUT2D eigenvalue weighted by molar-refractivity contribution is -0.129. The summed E-state index contributed by atoms with van der Waals surface area (Å²) in [6.45, 7) is 7.00. The molecule has 41 heavy (non-hydrogen) atoms. The van der Waals surface area contributed by atoms with Crippen molar-refractivity contribution < 1.29 is 28.6 Å². The zero-order chi connectivity index (χ0) is 28.9. The Morgan fingerprint density at radius 1 is 0.976 bits per heavy atom. The summed E-state index contributed by atoms with van der Waals surface area (Å²) in [6.07, 6.45) is 0. The fourth-order valence-electron chi connectivity index (χ4n) is 5.19. The fraction of sp³-hybridized carbons (Fsp3) is 0.273. The van der Waals surface area contributed by atoms with Gasteiger partial charge in [-0.25, -0.2) is 0 Å². The van der Waals surface area contributed by atoms with Crippen LogP contribution >= 0.6 is 0 Å². The number of ether oxygens (including phenoxy) is 2. The molecule has 3 aromatic carbocycles. The van der Waals surface area contributed by atoms with Gasteiger partial charge in [0.05, 0.1) is 18.7 Å². The van der Waals surface area contributed by atoms with Crippen LogP contribution in [0.25, 0.3) is 11.0 Å². The minimum absolute atomic E-state index is 0.0198. The normalized spacial score (nSPS) is 15.3. The summed E-state index contributed by atoms with van der Waals surface area (Å²) in [5.41, 5.74) is 2.16. The molecule has 0 radical (unpaired) electrons. The van der Waals surface area contributed by atoms with Gasteiger partial charge in [0.1, 0.15) is 12.2 Å². The van der Waals surface area contributed by atoms with Gasteiger partial charge in [0.15, 0.2) is 23.0 Å². The van der Waals surface area contributed by atoms with E-state index in [4.69, 9.17) is 13.9 Å². The maximum atomic E-state index is 13.9. The molecule has 212 valence electrons. The zero-order valence-corrected chi connectivity index (χ0v) is 23.5. The average Bonchev–Trinajstić information content (AvgIpc) is 3.55. The molecule has 1 atom stereocenters. The Labute approximate surface area is 239 Å². The van der Waals surface area contributed by atoms with E-state index < -0.39 is 23.5 Å². The van der Waals surface area contributed by atoms with Gasteiger partial charge in [0.2, 0.25) is 5.78 Å². The summed E-state index contributed by atoms with van der Waals surface area (Å²) in [5, 5.41) is 11.9. The highest BCUT2D eigenvalue weighted by Gasteiger charge is 2.44. The number of carbonyl (C=O) groups excluding carboxylic acids is 2. The number of amides is 1. The monoisotopic (exact) mass is 554 g/mol.